The van der Waals surface area contributed by atoms with Gasteiger partial charge in [0, 0.05) is 0 Å². The first-order valence-electron chi connectivity index (χ1n) is 4.53. The van der Waals surface area contributed by atoms with Crippen LogP contribution in [0.2, 0.25) is 0 Å². The highest BCUT2D eigenvalue weighted by Crippen LogP contribution is 2.04. The molecule has 0 saturated heterocycles. The SMILES string of the molecule is CCC(C)C(=O)OCC(O)CC(=O)O. The summed E-state index contributed by atoms with van der Waals surface area (Å²) < 4.78 is 4.71. The van der Waals surface area contributed by atoms with Crippen LogP contribution in [0, 0.1) is 5.92 Å². The molecular formula is C9H16O5. The molecule has 5 heteroatoms. The minimum absolute atomic E-state index is 0.216. The number of ether oxygens (including phenoxy) is 1. The summed E-state index contributed by atoms with van der Waals surface area (Å²) in [5.74, 6) is -1.74. The number of carbonyl (C=O) groups excluding carboxylic acids is 1. The van der Waals surface area contributed by atoms with Crippen LogP contribution in [0.25, 0.3) is 0 Å². The van der Waals surface area contributed by atoms with Crippen molar-refractivity contribution in [3.63, 3.8) is 0 Å². The van der Waals surface area contributed by atoms with Gasteiger partial charge in [-0.25, -0.2) is 0 Å². The average Bonchev–Trinajstić information content (AvgIpc) is 2.11. The number of hydrogen-bond donors (Lipinski definition) is 2. The fraction of sp³-hybridized carbons (Fsp3) is 0.778. The molecule has 2 unspecified atom stereocenters. The smallest absolute Gasteiger partial charge is 0.308 e. The lowest BCUT2D eigenvalue weighted by Crippen LogP contribution is -2.24. The number of rotatable bonds is 6. The summed E-state index contributed by atoms with van der Waals surface area (Å²) in [6, 6.07) is 0. The summed E-state index contributed by atoms with van der Waals surface area (Å²) in [7, 11) is 0. The second-order valence-corrected chi connectivity index (χ2v) is 3.19. The molecule has 0 radical (unpaired) electrons. The standard InChI is InChI=1S/C9H16O5/c1-3-6(2)9(13)14-5-7(10)4-8(11)12/h6-7,10H,3-5H2,1-2H3,(H,11,12). The van der Waals surface area contributed by atoms with Crippen molar-refractivity contribution < 1.29 is 24.5 Å². The van der Waals surface area contributed by atoms with E-state index >= 15 is 0 Å². The molecule has 0 aromatic rings. The monoisotopic (exact) mass is 204 g/mol. The molecule has 0 aromatic carbocycles. The van der Waals surface area contributed by atoms with Crippen LogP contribution in [-0.4, -0.2) is 34.9 Å². The Bertz CT molecular complexity index is 201. The number of carboxylic acids is 1. The molecule has 2 N–H and O–H groups in total. The molecule has 0 saturated carbocycles. The molecule has 5 nitrogen and oxygen atoms in total. The molecule has 0 aliphatic rings. The molecule has 0 aliphatic heterocycles. The van der Waals surface area contributed by atoms with Gasteiger partial charge in [0.05, 0.1) is 18.4 Å². The number of aliphatic hydroxyl groups is 1. The van der Waals surface area contributed by atoms with Gasteiger partial charge >= 0.3 is 11.9 Å². The Balaban J connectivity index is 3.71. The van der Waals surface area contributed by atoms with Gasteiger partial charge in [-0.2, -0.15) is 0 Å². The number of carbonyl (C=O) groups is 2. The predicted octanol–water partition coefficient (Wildman–Crippen LogP) is 0.411. The Morgan fingerprint density at radius 2 is 2.00 bits per heavy atom. The lowest BCUT2D eigenvalue weighted by molar-refractivity contribution is -0.153. The van der Waals surface area contributed by atoms with Crippen LogP contribution in [0.5, 0.6) is 0 Å². The topological polar surface area (TPSA) is 83.8 Å². The lowest BCUT2D eigenvalue weighted by atomic mass is 10.1. The summed E-state index contributed by atoms with van der Waals surface area (Å²) in [5, 5.41) is 17.4. The number of aliphatic hydroxyl groups excluding tert-OH is 1. The first-order chi connectivity index (χ1) is 6.47. The normalized spacial score (nSPS) is 14.5. The zero-order valence-electron chi connectivity index (χ0n) is 8.40. The molecule has 0 spiro atoms. The summed E-state index contributed by atoms with van der Waals surface area (Å²) in [6.45, 7) is 3.31. The molecule has 0 bridgehead atoms. The fourth-order valence-corrected chi connectivity index (χ4v) is 0.748. The van der Waals surface area contributed by atoms with Gasteiger partial charge in [-0.1, -0.05) is 13.8 Å². The minimum atomic E-state index is -1.12. The van der Waals surface area contributed by atoms with Crippen molar-refractivity contribution in [3.05, 3.63) is 0 Å². The highest BCUT2D eigenvalue weighted by atomic mass is 16.5. The van der Waals surface area contributed by atoms with E-state index in [0.717, 1.165) is 0 Å². The Kier molecular flexibility index (Phi) is 5.87. The van der Waals surface area contributed by atoms with Gasteiger partial charge in [0.25, 0.3) is 0 Å². The molecule has 14 heavy (non-hydrogen) atoms. The second kappa shape index (κ2) is 6.37. The number of hydrogen-bond acceptors (Lipinski definition) is 4. The van der Waals surface area contributed by atoms with E-state index < -0.39 is 24.5 Å². The molecule has 2 atom stereocenters. The third-order valence-electron chi connectivity index (χ3n) is 1.84. The van der Waals surface area contributed by atoms with Crippen molar-refractivity contribution in [2.24, 2.45) is 5.92 Å². The Labute approximate surface area is 82.7 Å². The van der Waals surface area contributed by atoms with Crippen LogP contribution < -0.4 is 0 Å². The van der Waals surface area contributed by atoms with Gasteiger partial charge < -0.3 is 14.9 Å². The van der Waals surface area contributed by atoms with E-state index in [2.05, 4.69) is 0 Å². The van der Waals surface area contributed by atoms with E-state index in [-0.39, 0.29) is 12.5 Å². The van der Waals surface area contributed by atoms with Gasteiger partial charge in [-0.05, 0) is 6.42 Å². The number of esters is 1. The number of aliphatic carboxylic acids is 1. The maximum atomic E-state index is 11.1. The summed E-state index contributed by atoms with van der Waals surface area (Å²) in [5.41, 5.74) is 0. The molecule has 82 valence electrons. The van der Waals surface area contributed by atoms with Crippen molar-refractivity contribution >= 4 is 11.9 Å². The lowest BCUT2D eigenvalue weighted by Gasteiger charge is -2.11. The third kappa shape index (κ3) is 5.53. The van der Waals surface area contributed by atoms with Crippen molar-refractivity contribution in [2.75, 3.05) is 6.61 Å². The zero-order chi connectivity index (χ0) is 11.1. The van der Waals surface area contributed by atoms with Gasteiger partial charge in [0.1, 0.15) is 6.61 Å². The quantitative estimate of drug-likeness (QED) is 0.612. The maximum Gasteiger partial charge on any atom is 0.308 e. The van der Waals surface area contributed by atoms with Crippen molar-refractivity contribution in [2.45, 2.75) is 32.8 Å². The van der Waals surface area contributed by atoms with Crippen LogP contribution in [-0.2, 0) is 14.3 Å². The largest absolute Gasteiger partial charge is 0.481 e. The van der Waals surface area contributed by atoms with Crippen molar-refractivity contribution in [1.29, 1.82) is 0 Å². The molecule has 0 heterocycles. The average molecular weight is 204 g/mol. The van der Waals surface area contributed by atoms with Gasteiger partial charge in [0.15, 0.2) is 0 Å². The van der Waals surface area contributed by atoms with E-state index in [9.17, 15) is 9.59 Å². The predicted molar refractivity (Wildman–Crippen MR) is 48.7 cm³/mol. The highest BCUT2D eigenvalue weighted by molar-refractivity contribution is 5.72. The number of carboxylic acid groups (broad SMARTS) is 1. The Morgan fingerprint density at radius 1 is 1.43 bits per heavy atom. The van der Waals surface area contributed by atoms with Crippen LogP contribution in [0.4, 0.5) is 0 Å². The van der Waals surface area contributed by atoms with E-state index in [0.29, 0.717) is 6.42 Å². The van der Waals surface area contributed by atoms with Gasteiger partial charge in [0.2, 0.25) is 0 Å². The van der Waals surface area contributed by atoms with Crippen LogP contribution in [0.3, 0.4) is 0 Å². The molecule has 0 rings (SSSR count). The van der Waals surface area contributed by atoms with E-state index in [1.807, 2.05) is 6.92 Å². The van der Waals surface area contributed by atoms with Crippen LogP contribution >= 0.6 is 0 Å². The Morgan fingerprint density at radius 3 is 2.43 bits per heavy atom. The van der Waals surface area contributed by atoms with E-state index in [4.69, 9.17) is 14.9 Å². The molecule has 0 amide bonds. The molecule has 0 aliphatic carbocycles. The first-order valence-corrected chi connectivity index (χ1v) is 4.53. The van der Waals surface area contributed by atoms with Crippen LogP contribution in [0.15, 0.2) is 0 Å². The fourth-order valence-electron chi connectivity index (χ4n) is 0.748. The molecular weight excluding hydrogens is 188 g/mol. The van der Waals surface area contributed by atoms with Gasteiger partial charge in [-0.3, -0.25) is 9.59 Å². The minimum Gasteiger partial charge on any atom is -0.481 e. The van der Waals surface area contributed by atoms with Crippen molar-refractivity contribution in [3.8, 4) is 0 Å². The maximum absolute atomic E-state index is 11.1. The summed E-state index contributed by atoms with van der Waals surface area (Å²) >= 11 is 0. The van der Waals surface area contributed by atoms with Crippen LogP contribution in [0.1, 0.15) is 26.7 Å². The van der Waals surface area contributed by atoms with E-state index in [1.165, 1.54) is 0 Å². The first kappa shape index (κ1) is 12.9. The van der Waals surface area contributed by atoms with Gasteiger partial charge in [-0.15, -0.1) is 0 Å². The third-order valence-corrected chi connectivity index (χ3v) is 1.84. The second-order valence-electron chi connectivity index (χ2n) is 3.19. The molecule has 0 aromatic heterocycles. The highest BCUT2D eigenvalue weighted by Gasteiger charge is 2.15. The van der Waals surface area contributed by atoms with Crippen molar-refractivity contribution in [1.82, 2.24) is 0 Å². The zero-order valence-corrected chi connectivity index (χ0v) is 8.40. The Hall–Kier alpha value is -1.10. The summed E-state index contributed by atoms with van der Waals surface area (Å²) in [4.78, 5) is 21.2. The van der Waals surface area contributed by atoms with E-state index in [1.54, 1.807) is 6.92 Å². The summed E-state index contributed by atoms with van der Waals surface area (Å²) in [6.07, 6.45) is -0.873. The molecule has 0 fully saturated rings.